The molecule has 2 fully saturated rings. The predicted molar refractivity (Wildman–Crippen MR) is 105 cm³/mol. The van der Waals surface area contributed by atoms with Gasteiger partial charge in [-0.2, -0.15) is 0 Å². The minimum atomic E-state index is -0.0642. The number of rotatable bonds is 6. The van der Waals surface area contributed by atoms with E-state index in [0.29, 0.717) is 0 Å². The first kappa shape index (κ1) is 17.4. The summed E-state index contributed by atoms with van der Waals surface area (Å²) < 4.78 is 6.03. The highest BCUT2D eigenvalue weighted by Gasteiger charge is 2.39. The van der Waals surface area contributed by atoms with Gasteiger partial charge in [-0.1, -0.05) is 6.92 Å². The molecule has 1 saturated carbocycles. The molecule has 1 aliphatic carbocycles. The predicted octanol–water partition coefficient (Wildman–Crippen LogP) is 3.87. The average Bonchev–Trinajstić information content (AvgIpc) is 3.28. The molecule has 1 amide bonds. The molecule has 0 bridgehead atoms. The van der Waals surface area contributed by atoms with Crippen molar-refractivity contribution in [2.45, 2.75) is 33.1 Å². The molecular formula is C21H29N3O2. The van der Waals surface area contributed by atoms with Crippen LogP contribution in [0.5, 0.6) is 5.75 Å². The van der Waals surface area contributed by atoms with Crippen molar-refractivity contribution in [1.82, 2.24) is 9.88 Å². The van der Waals surface area contributed by atoms with Gasteiger partial charge in [0.15, 0.2) is 0 Å². The van der Waals surface area contributed by atoms with Crippen molar-refractivity contribution in [2.75, 3.05) is 31.6 Å². The molecule has 5 heteroatoms. The second-order valence-electron chi connectivity index (χ2n) is 7.94. The number of nitrogens with zero attached hydrogens (tertiary/aromatic N) is 1. The Balaban J connectivity index is 1.31. The van der Waals surface area contributed by atoms with Gasteiger partial charge in [-0.05, 0) is 61.8 Å². The fourth-order valence-corrected chi connectivity index (χ4v) is 4.84. The van der Waals surface area contributed by atoms with Crippen molar-refractivity contribution in [1.29, 1.82) is 0 Å². The second kappa shape index (κ2) is 7.31. The summed E-state index contributed by atoms with van der Waals surface area (Å²) in [5.74, 6) is 3.45. The molecule has 4 rings (SSSR count). The maximum Gasteiger partial charge on any atom is 0.221 e. The SMILES string of the molecule is CCN1C[C@H]2CC(CCOc3ccc4[nH]cc(NC(C)=O)c4c3)C[C@H]2C1. The normalized spacial score (nSPS) is 25.5. The van der Waals surface area contributed by atoms with Gasteiger partial charge in [0.1, 0.15) is 5.75 Å². The molecule has 0 spiro atoms. The minimum absolute atomic E-state index is 0.0642. The summed E-state index contributed by atoms with van der Waals surface area (Å²) in [6.07, 6.45) is 5.71. The highest BCUT2D eigenvalue weighted by atomic mass is 16.5. The van der Waals surface area contributed by atoms with Gasteiger partial charge in [-0.15, -0.1) is 0 Å². The van der Waals surface area contributed by atoms with Crippen LogP contribution in [0.1, 0.15) is 33.1 Å². The number of H-pyrrole nitrogens is 1. The van der Waals surface area contributed by atoms with Crippen LogP contribution in [0.25, 0.3) is 10.9 Å². The van der Waals surface area contributed by atoms with Gasteiger partial charge in [0.2, 0.25) is 5.91 Å². The zero-order valence-corrected chi connectivity index (χ0v) is 15.8. The van der Waals surface area contributed by atoms with Crippen LogP contribution >= 0.6 is 0 Å². The van der Waals surface area contributed by atoms with Gasteiger partial charge in [-0.3, -0.25) is 4.79 Å². The Bertz CT molecular complexity index is 771. The van der Waals surface area contributed by atoms with Crippen LogP contribution in [0.4, 0.5) is 5.69 Å². The highest BCUT2D eigenvalue weighted by Crippen LogP contribution is 2.42. The van der Waals surface area contributed by atoms with Gasteiger partial charge in [0.25, 0.3) is 0 Å². The largest absolute Gasteiger partial charge is 0.494 e. The number of carbonyl (C=O) groups excluding carboxylic acids is 1. The van der Waals surface area contributed by atoms with Crippen LogP contribution in [0.3, 0.4) is 0 Å². The average molecular weight is 355 g/mol. The van der Waals surface area contributed by atoms with E-state index in [1.165, 1.54) is 39.4 Å². The number of hydrogen-bond donors (Lipinski definition) is 2. The zero-order chi connectivity index (χ0) is 18.1. The Labute approximate surface area is 155 Å². The fraction of sp³-hybridized carbons (Fsp3) is 0.571. The minimum Gasteiger partial charge on any atom is -0.494 e. The number of carbonyl (C=O) groups is 1. The third kappa shape index (κ3) is 3.58. The summed E-state index contributed by atoms with van der Waals surface area (Å²) in [6, 6.07) is 6.02. The molecule has 3 atom stereocenters. The summed E-state index contributed by atoms with van der Waals surface area (Å²) >= 11 is 0. The first-order valence-electron chi connectivity index (χ1n) is 9.86. The number of aromatic amines is 1. The molecule has 0 radical (unpaired) electrons. The molecule has 2 heterocycles. The van der Waals surface area contributed by atoms with Crippen LogP contribution in [0.2, 0.25) is 0 Å². The number of ether oxygens (including phenoxy) is 1. The zero-order valence-electron chi connectivity index (χ0n) is 15.8. The van der Waals surface area contributed by atoms with E-state index in [1.807, 2.05) is 24.4 Å². The maximum absolute atomic E-state index is 11.3. The monoisotopic (exact) mass is 355 g/mol. The van der Waals surface area contributed by atoms with E-state index in [4.69, 9.17) is 4.74 Å². The number of hydrogen-bond acceptors (Lipinski definition) is 3. The van der Waals surface area contributed by atoms with Crippen molar-refractivity contribution in [3.8, 4) is 5.75 Å². The number of amides is 1. The van der Waals surface area contributed by atoms with Crippen LogP contribution < -0.4 is 10.1 Å². The van der Waals surface area contributed by atoms with Crippen molar-refractivity contribution >= 4 is 22.5 Å². The van der Waals surface area contributed by atoms with Crippen LogP contribution in [0, 0.1) is 17.8 Å². The quantitative estimate of drug-likeness (QED) is 0.827. The van der Waals surface area contributed by atoms with Crippen LogP contribution in [-0.2, 0) is 4.79 Å². The summed E-state index contributed by atoms with van der Waals surface area (Å²) in [4.78, 5) is 17.1. The molecular weight excluding hydrogens is 326 g/mol. The smallest absolute Gasteiger partial charge is 0.221 e. The van der Waals surface area contributed by atoms with Crippen molar-refractivity contribution in [3.05, 3.63) is 24.4 Å². The lowest BCUT2D eigenvalue weighted by Crippen LogP contribution is -2.21. The number of nitrogens with one attached hydrogen (secondary N) is 2. The number of aromatic nitrogens is 1. The van der Waals surface area contributed by atoms with Gasteiger partial charge >= 0.3 is 0 Å². The number of anilines is 1. The molecule has 1 aromatic carbocycles. The standard InChI is InChI=1S/C21H29N3O2/c1-3-24-12-16-8-15(9-17(16)13-24)6-7-26-18-4-5-20-19(10-18)21(11-22-20)23-14(2)25/h4-5,10-11,15-17,22H,3,6-9,12-13H2,1-2H3,(H,23,25)/t15?,16-,17+. The molecule has 1 aromatic heterocycles. The molecule has 2 aliphatic rings. The molecule has 26 heavy (non-hydrogen) atoms. The summed E-state index contributed by atoms with van der Waals surface area (Å²) in [5.41, 5.74) is 1.81. The highest BCUT2D eigenvalue weighted by molar-refractivity contribution is 6.01. The van der Waals surface area contributed by atoms with E-state index in [0.717, 1.165) is 53.1 Å². The van der Waals surface area contributed by atoms with Crippen LogP contribution in [-0.4, -0.2) is 42.0 Å². The van der Waals surface area contributed by atoms with Crippen LogP contribution in [0.15, 0.2) is 24.4 Å². The van der Waals surface area contributed by atoms with E-state index in [9.17, 15) is 4.79 Å². The number of benzene rings is 1. The van der Waals surface area contributed by atoms with Gasteiger partial charge in [-0.25, -0.2) is 0 Å². The third-order valence-electron chi connectivity index (χ3n) is 6.13. The Morgan fingerprint density at radius 1 is 1.31 bits per heavy atom. The lowest BCUT2D eigenvalue weighted by Gasteiger charge is -2.17. The van der Waals surface area contributed by atoms with E-state index in [2.05, 4.69) is 22.1 Å². The third-order valence-corrected chi connectivity index (χ3v) is 6.13. The Morgan fingerprint density at radius 3 is 2.77 bits per heavy atom. The summed E-state index contributed by atoms with van der Waals surface area (Å²) in [7, 11) is 0. The second-order valence-corrected chi connectivity index (χ2v) is 7.94. The van der Waals surface area contributed by atoms with Gasteiger partial charge in [0, 0.05) is 37.1 Å². The summed E-state index contributed by atoms with van der Waals surface area (Å²) in [5, 5.41) is 3.85. The van der Waals surface area contributed by atoms with E-state index >= 15 is 0 Å². The first-order valence-corrected chi connectivity index (χ1v) is 9.86. The van der Waals surface area contributed by atoms with E-state index < -0.39 is 0 Å². The van der Waals surface area contributed by atoms with Crippen molar-refractivity contribution < 1.29 is 9.53 Å². The fourth-order valence-electron chi connectivity index (χ4n) is 4.84. The molecule has 1 aliphatic heterocycles. The maximum atomic E-state index is 11.3. The topological polar surface area (TPSA) is 57.4 Å². The van der Waals surface area contributed by atoms with Crippen molar-refractivity contribution in [2.24, 2.45) is 17.8 Å². The first-order chi connectivity index (χ1) is 12.6. The van der Waals surface area contributed by atoms with Gasteiger partial charge in [0.05, 0.1) is 12.3 Å². The lowest BCUT2D eigenvalue weighted by atomic mass is 10.0. The Morgan fingerprint density at radius 2 is 2.08 bits per heavy atom. The molecule has 2 aromatic rings. The van der Waals surface area contributed by atoms with E-state index in [-0.39, 0.29) is 5.91 Å². The number of likely N-dealkylation sites (tertiary alicyclic amines) is 1. The lowest BCUT2D eigenvalue weighted by molar-refractivity contribution is -0.114. The Kier molecular flexibility index (Phi) is 4.90. The van der Waals surface area contributed by atoms with E-state index in [1.54, 1.807) is 0 Å². The molecule has 1 unspecified atom stereocenters. The molecule has 2 N–H and O–H groups in total. The summed E-state index contributed by atoms with van der Waals surface area (Å²) in [6.45, 7) is 8.36. The Hall–Kier alpha value is -2.01. The number of fused-ring (bicyclic) bond motifs is 2. The molecule has 5 nitrogen and oxygen atoms in total. The molecule has 1 saturated heterocycles. The van der Waals surface area contributed by atoms with Gasteiger partial charge < -0.3 is 19.9 Å². The van der Waals surface area contributed by atoms with Crippen molar-refractivity contribution in [3.63, 3.8) is 0 Å². The molecule has 140 valence electrons.